The molecule has 0 saturated heterocycles. The summed E-state index contributed by atoms with van der Waals surface area (Å²) in [6.07, 6.45) is -1.83. The minimum absolute atomic E-state index is 0. The SMILES string of the molecule is C[C]([O])[C]([C](C)[O])C(C)=O.C[C]([O])[C]([C](C)[O])C(C)=O.[Cu+2]. The molecule has 0 amide bonds. The summed E-state index contributed by atoms with van der Waals surface area (Å²) >= 11 is 0. The van der Waals surface area contributed by atoms with Gasteiger partial charge in [-0.05, 0) is 41.5 Å². The topological polar surface area (TPSA) is 114 Å². The molecule has 7 heteroatoms. The summed E-state index contributed by atoms with van der Waals surface area (Å²) in [6.45, 7) is 7.24. The maximum Gasteiger partial charge on any atom is 2.00 e. The maximum absolute atomic E-state index is 10.5. The average molecular weight is 346 g/mol. The van der Waals surface area contributed by atoms with Crippen molar-refractivity contribution in [3.05, 3.63) is 36.3 Å². The van der Waals surface area contributed by atoms with Crippen LogP contribution in [0.5, 0.6) is 0 Å². The molecule has 0 aromatic carbocycles. The van der Waals surface area contributed by atoms with Gasteiger partial charge in [-0.3, -0.25) is 9.59 Å². The number of hydrogen-bond acceptors (Lipinski definition) is 2. The molecule has 0 aliphatic carbocycles. The van der Waals surface area contributed by atoms with Crippen molar-refractivity contribution in [3.63, 3.8) is 0 Å². The van der Waals surface area contributed by atoms with Gasteiger partial charge in [0.2, 0.25) is 0 Å². The van der Waals surface area contributed by atoms with E-state index in [1.165, 1.54) is 41.5 Å². The standard InChI is InChI=1S/2C7H9O3.Cu/c2*1-4(8)7(5(2)9)6(3)10;/h2*1-3H3;/q;;+2. The fourth-order valence-corrected chi connectivity index (χ4v) is 1.49. The summed E-state index contributed by atoms with van der Waals surface area (Å²) < 4.78 is 0. The molecule has 6 nitrogen and oxygen atoms in total. The van der Waals surface area contributed by atoms with Gasteiger partial charge in [-0.25, -0.2) is 20.4 Å². The Hall–Kier alpha value is -0.301. The molecular weight excluding hydrogens is 328 g/mol. The van der Waals surface area contributed by atoms with Crippen molar-refractivity contribution in [2.45, 2.75) is 41.5 Å². The van der Waals surface area contributed by atoms with Gasteiger partial charge >= 0.3 is 17.1 Å². The van der Waals surface area contributed by atoms with Crippen molar-refractivity contribution in [1.82, 2.24) is 0 Å². The van der Waals surface area contributed by atoms with Gasteiger partial charge in [0, 0.05) is 0 Å². The third kappa shape index (κ3) is 11.0. The van der Waals surface area contributed by atoms with Crippen LogP contribution in [0, 0.1) is 36.3 Å². The first kappa shape index (κ1) is 25.6. The van der Waals surface area contributed by atoms with E-state index in [4.69, 9.17) is 0 Å². The minimum atomic E-state index is -0.458. The number of Topliss-reactive ketones (excluding diaryl/α,β-unsaturated/α-hetero) is 2. The van der Waals surface area contributed by atoms with E-state index in [1.54, 1.807) is 0 Å². The van der Waals surface area contributed by atoms with Crippen LogP contribution < -0.4 is 0 Å². The molecule has 0 unspecified atom stereocenters. The molecule has 0 rings (SSSR count). The molecule has 0 aromatic heterocycles. The fourth-order valence-electron chi connectivity index (χ4n) is 1.49. The van der Waals surface area contributed by atoms with Gasteiger partial charge in [0.1, 0.15) is 23.4 Å². The van der Waals surface area contributed by atoms with Crippen molar-refractivity contribution in [1.29, 1.82) is 0 Å². The van der Waals surface area contributed by atoms with Crippen molar-refractivity contribution < 1.29 is 47.1 Å². The van der Waals surface area contributed by atoms with E-state index in [9.17, 15) is 30.0 Å². The first-order valence-corrected chi connectivity index (χ1v) is 5.72. The van der Waals surface area contributed by atoms with Crippen LogP contribution in [-0.4, -0.2) is 11.6 Å². The molecule has 0 saturated carbocycles. The molecular formula is C14H18CuO6+2. The average Bonchev–Trinajstić information content (AvgIpc) is 2.12. The Labute approximate surface area is 137 Å². The summed E-state index contributed by atoms with van der Waals surface area (Å²) in [5.74, 6) is -1.36. The van der Waals surface area contributed by atoms with Crippen LogP contribution in [-0.2, 0) is 47.1 Å². The fraction of sp³-hybridized carbons (Fsp3) is 0.429. The molecule has 0 fully saturated rings. The van der Waals surface area contributed by atoms with E-state index >= 15 is 0 Å². The van der Waals surface area contributed by atoms with Crippen LogP contribution in [0.3, 0.4) is 0 Å². The van der Waals surface area contributed by atoms with Gasteiger partial charge in [-0.1, -0.05) is 0 Å². The van der Waals surface area contributed by atoms with Crippen LogP contribution >= 0.6 is 0 Å². The zero-order valence-corrected chi connectivity index (χ0v) is 13.7. The third-order valence-electron chi connectivity index (χ3n) is 2.11. The van der Waals surface area contributed by atoms with Crippen LogP contribution in [0.25, 0.3) is 0 Å². The monoisotopic (exact) mass is 345 g/mol. The largest absolute Gasteiger partial charge is 2.00 e. The van der Waals surface area contributed by atoms with E-state index < -0.39 is 36.0 Å². The molecule has 0 spiro atoms. The predicted molar refractivity (Wildman–Crippen MR) is 66.3 cm³/mol. The van der Waals surface area contributed by atoms with E-state index in [2.05, 4.69) is 0 Å². The van der Waals surface area contributed by atoms with E-state index in [0.29, 0.717) is 0 Å². The van der Waals surface area contributed by atoms with Gasteiger partial charge in [-0.15, -0.1) is 0 Å². The van der Waals surface area contributed by atoms with Crippen LogP contribution in [0.2, 0.25) is 0 Å². The molecule has 11 radical (unpaired) electrons. The second-order valence-corrected chi connectivity index (χ2v) is 4.09. The predicted octanol–water partition coefficient (Wildman–Crippen LogP) is 2.23. The Bertz CT molecular complexity index is 256. The number of carbonyl (C=O) groups is 2. The van der Waals surface area contributed by atoms with Gasteiger partial charge in [0.15, 0.2) is 24.4 Å². The molecule has 119 valence electrons. The normalized spacial score (nSPS) is 11.0. The number of ketones is 2. The first-order valence-electron chi connectivity index (χ1n) is 5.72. The van der Waals surface area contributed by atoms with E-state index in [-0.39, 0.29) is 28.9 Å². The summed E-state index contributed by atoms with van der Waals surface area (Å²) in [5, 5.41) is 42.2. The van der Waals surface area contributed by atoms with Crippen molar-refractivity contribution in [2.75, 3.05) is 0 Å². The maximum atomic E-state index is 10.5. The molecule has 0 atom stereocenters. The molecule has 0 aliphatic rings. The summed E-state index contributed by atoms with van der Waals surface area (Å²) in [6, 6.07) is 0. The van der Waals surface area contributed by atoms with Gasteiger partial charge in [0.25, 0.3) is 0 Å². The van der Waals surface area contributed by atoms with Crippen LogP contribution in [0.15, 0.2) is 0 Å². The Morgan fingerprint density at radius 3 is 0.619 bits per heavy atom. The summed E-state index contributed by atoms with van der Waals surface area (Å²) in [5.41, 5.74) is 0. The van der Waals surface area contributed by atoms with Gasteiger partial charge in [0.05, 0.1) is 0 Å². The molecule has 0 aromatic rings. The third-order valence-corrected chi connectivity index (χ3v) is 2.11. The Kier molecular flexibility index (Phi) is 15.0. The zero-order chi connectivity index (χ0) is 16.6. The Morgan fingerprint density at radius 1 is 0.476 bits per heavy atom. The quantitative estimate of drug-likeness (QED) is 0.687. The van der Waals surface area contributed by atoms with Crippen LogP contribution in [0.4, 0.5) is 0 Å². The minimum Gasteiger partial charge on any atom is -0.299 e. The first-order chi connectivity index (χ1) is 8.93. The molecule has 0 aliphatic heterocycles. The van der Waals surface area contributed by atoms with E-state index in [1.807, 2.05) is 0 Å². The second-order valence-electron chi connectivity index (χ2n) is 4.09. The number of hydrogen-bond donors (Lipinski definition) is 0. The zero-order valence-electron chi connectivity index (χ0n) is 12.8. The Morgan fingerprint density at radius 2 is 0.619 bits per heavy atom. The molecule has 0 bridgehead atoms. The molecule has 0 heterocycles. The van der Waals surface area contributed by atoms with Gasteiger partial charge in [-0.2, -0.15) is 0 Å². The van der Waals surface area contributed by atoms with Crippen molar-refractivity contribution >= 4 is 11.6 Å². The molecule has 0 N–H and O–H groups in total. The Balaban J connectivity index is -0.000000295. The van der Waals surface area contributed by atoms with E-state index in [0.717, 1.165) is 0 Å². The second kappa shape index (κ2) is 12.3. The van der Waals surface area contributed by atoms with Crippen molar-refractivity contribution in [2.24, 2.45) is 0 Å². The smallest absolute Gasteiger partial charge is 0.299 e. The van der Waals surface area contributed by atoms with Crippen molar-refractivity contribution in [3.8, 4) is 0 Å². The number of carbonyl (C=O) groups excluding carboxylic acids is 2. The number of rotatable bonds is 6. The molecule has 21 heavy (non-hydrogen) atoms. The summed E-state index contributed by atoms with van der Waals surface area (Å²) in [4.78, 5) is 21.1. The summed E-state index contributed by atoms with van der Waals surface area (Å²) in [7, 11) is 0. The van der Waals surface area contributed by atoms with Crippen LogP contribution in [0.1, 0.15) is 41.5 Å². The van der Waals surface area contributed by atoms with Gasteiger partial charge < -0.3 is 0 Å².